The summed E-state index contributed by atoms with van der Waals surface area (Å²) in [4.78, 5) is 12.2. The van der Waals surface area contributed by atoms with Gasteiger partial charge in [-0.15, -0.1) is 0 Å². The summed E-state index contributed by atoms with van der Waals surface area (Å²) >= 11 is 3.61. The van der Waals surface area contributed by atoms with E-state index in [0.717, 1.165) is 28.7 Å². The van der Waals surface area contributed by atoms with Crippen LogP contribution in [0.2, 0.25) is 0 Å². The van der Waals surface area contributed by atoms with Gasteiger partial charge in [0.15, 0.2) is 18.1 Å². The molecule has 0 aliphatic carbocycles. The third kappa shape index (κ3) is 7.42. The number of para-hydroxylation sites is 1. The summed E-state index contributed by atoms with van der Waals surface area (Å²) in [5.74, 6) is 0.930. The lowest BCUT2D eigenvalue weighted by Crippen LogP contribution is -2.20. The Balaban J connectivity index is 1.56. The molecular formula is C25H27BrN2O3. The van der Waals surface area contributed by atoms with Gasteiger partial charge in [0.25, 0.3) is 5.91 Å². The first-order valence-electron chi connectivity index (χ1n) is 10.3. The van der Waals surface area contributed by atoms with Gasteiger partial charge in [0.05, 0.1) is 6.61 Å². The quantitative estimate of drug-likeness (QED) is 0.368. The van der Waals surface area contributed by atoms with Crippen LogP contribution in [0.25, 0.3) is 0 Å². The first-order chi connectivity index (χ1) is 15.2. The number of halogens is 1. The molecule has 0 heterocycles. The van der Waals surface area contributed by atoms with Crippen molar-refractivity contribution in [3.05, 3.63) is 88.4 Å². The molecule has 3 rings (SSSR count). The molecule has 162 valence electrons. The molecule has 0 aliphatic heterocycles. The van der Waals surface area contributed by atoms with Gasteiger partial charge in [0, 0.05) is 16.7 Å². The third-order valence-electron chi connectivity index (χ3n) is 4.58. The van der Waals surface area contributed by atoms with Gasteiger partial charge in [-0.1, -0.05) is 64.5 Å². The summed E-state index contributed by atoms with van der Waals surface area (Å²) in [6, 6.07) is 23.5. The second kappa shape index (κ2) is 12.1. The fourth-order valence-electron chi connectivity index (χ4n) is 3.06. The van der Waals surface area contributed by atoms with Crippen LogP contribution in [0.3, 0.4) is 0 Å². The maximum atomic E-state index is 12.2. The molecule has 0 aliphatic rings. The van der Waals surface area contributed by atoms with Crippen molar-refractivity contribution in [1.29, 1.82) is 0 Å². The molecule has 6 heteroatoms. The van der Waals surface area contributed by atoms with Gasteiger partial charge in [0.1, 0.15) is 0 Å². The van der Waals surface area contributed by atoms with Crippen molar-refractivity contribution in [2.45, 2.75) is 19.9 Å². The average molecular weight is 483 g/mol. The SMILES string of the molecule is CCOc1cc(CNCCc2ccccc2)c(Br)cc1OCC(=O)Nc1ccccc1. The number of carbonyl (C=O) groups is 1. The Morgan fingerprint density at radius 3 is 2.32 bits per heavy atom. The molecule has 0 atom stereocenters. The molecule has 2 N–H and O–H groups in total. The molecule has 0 bridgehead atoms. The predicted molar refractivity (Wildman–Crippen MR) is 128 cm³/mol. The van der Waals surface area contributed by atoms with E-state index in [2.05, 4.69) is 50.8 Å². The second-order valence-corrected chi connectivity index (χ2v) is 7.79. The van der Waals surface area contributed by atoms with Crippen LogP contribution in [0.1, 0.15) is 18.1 Å². The van der Waals surface area contributed by atoms with E-state index in [4.69, 9.17) is 9.47 Å². The molecule has 0 aromatic heterocycles. The van der Waals surface area contributed by atoms with Gasteiger partial charge >= 0.3 is 0 Å². The maximum Gasteiger partial charge on any atom is 0.262 e. The lowest BCUT2D eigenvalue weighted by Gasteiger charge is -2.15. The van der Waals surface area contributed by atoms with E-state index in [0.29, 0.717) is 24.7 Å². The van der Waals surface area contributed by atoms with E-state index in [9.17, 15) is 4.79 Å². The highest BCUT2D eigenvalue weighted by atomic mass is 79.9. The van der Waals surface area contributed by atoms with Gasteiger partial charge in [-0.2, -0.15) is 0 Å². The van der Waals surface area contributed by atoms with Crippen LogP contribution in [-0.4, -0.2) is 25.7 Å². The molecule has 0 fully saturated rings. The summed E-state index contributed by atoms with van der Waals surface area (Å²) < 4.78 is 12.4. The maximum absolute atomic E-state index is 12.2. The predicted octanol–water partition coefficient (Wildman–Crippen LogP) is 5.20. The number of amides is 1. The molecule has 1 amide bonds. The summed E-state index contributed by atoms with van der Waals surface area (Å²) in [5.41, 5.74) is 3.11. The van der Waals surface area contributed by atoms with Gasteiger partial charge in [0.2, 0.25) is 0 Å². The molecule has 0 unspecified atom stereocenters. The normalized spacial score (nSPS) is 10.5. The van der Waals surface area contributed by atoms with Crippen LogP contribution in [0, 0.1) is 0 Å². The second-order valence-electron chi connectivity index (χ2n) is 6.94. The van der Waals surface area contributed by atoms with Crippen LogP contribution < -0.4 is 20.1 Å². The van der Waals surface area contributed by atoms with Crippen LogP contribution in [-0.2, 0) is 17.8 Å². The van der Waals surface area contributed by atoms with Crippen LogP contribution in [0.4, 0.5) is 5.69 Å². The van der Waals surface area contributed by atoms with Gasteiger partial charge in [-0.3, -0.25) is 4.79 Å². The topological polar surface area (TPSA) is 59.6 Å². The number of nitrogens with one attached hydrogen (secondary N) is 2. The number of hydrogen-bond acceptors (Lipinski definition) is 4. The van der Waals surface area contributed by atoms with Crippen LogP contribution in [0.5, 0.6) is 11.5 Å². The Kier molecular flexibility index (Phi) is 8.94. The molecule has 3 aromatic carbocycles. The van der Waals surface area contributed by atoms with Crippen molar-refractivity contribution >= 4 is 27.5 Å². The van der Waals surface area contributed by atoms with Crippen LogP contribution >= 0.6 is 15.9 Å². The molecule has 5 nitrogen and oxygen atoms in total. The Labute approximate surface area is 191 Å². The number of rotatable bonds is 11. The van der Waals surface area contributed by atoms with Crippen molar-refractivity contribution in [2.24, 2.45) is 0 Å². The molecule has 0 saturated carbocycles. The minimum absolute atomic E-state index is 0.101. The number of carbonyl (C=O) groups excluding carboxylic acids is 1. The van der Waals surface area contributed by atoms with Crippen molar-refractivity contribution in [1.82, 2.24) is 5.32 Å². The zero-order valence-electron chi connectivity index (χ0n) is 17.6. The van der Waals surface area contributed by atoms with Gasteiger partial charge in [-0.05, 0) is 55.3 Å². The minimum Gasteiger partial charge on any atom is -0.490 e. The number of anilines is 1. The lowest BCUT2D eigenvalue weighted by molar-refractivity contribution is -0.118. The average Bonchev–Trinajstić information content (AvgIpc) is 2.79. The third-order valence-corrected chi connectivity index (χ3v) is 5.32. The fraction of sp³-hybridized carbons (Fsp3) is 0.240. The molecular weight excluding hydrogens is 456 g/mol. The number of benzene rings is 3. The summed E-state index contributed by atoms with van der Waals surface area (Å²) in [5, 5.41) is 6.28. The van der Waals surface area contributed by atoms with E-state index in [1.54, 1.807) is 0 Å². The Morgan fingerprint density at radius 1 is 0.935 bits per heavy atom. The van der Waals surface area contributed by atoms with Gasteiger partial charge < -0.3 is 20.1 Å². The van der Waals surface area contributed by atoms with Gasteiger partial charge in [-0.25, -0.2) is 0 Å². The van der Waals surface area contributed by atoms with E-state index in [-0.39, 0.29) is 12.5 Å². The van der Waals surface area contributed by atoms with Crippen molar-refractivity contribution in [3.63, 3.8) is 0 Å². The minimum atomic E-state index is -0.226. The number of ether oxygens (including phenoxy) is 2. The molecule has 31 heavy (non-hydrogen) atoms. The summed E-state index contributed by atoms with van der Waals surface area (Å²) in [6.07, 6.45) is 0.967. The lowest BCUT2D eigenvalue weighted by atomic mass is 10.1. The van der Waals surface area contributed by atoms with Crippen molar-refractivity contribution < 1.29 is 14.3 Å². The molecule has 0 saturated heterocycles. The fourth-order valence-corrected chi connectivity index (χ4v) is 3.52. The Hall–Kier alpha value is -2.83. The Morgan fingerprint density at radius 2 is 1.61 bits per heavy atom. The van der Waals surface area contributed by atoms with Crippen molar-refractivity contribution in [3.8, 4) is 11.5 Å². The van der Waals surface area contributed by atoms with E-state index in [1.165, 1.54) is 5.56 Å². The smallest absolute Gasteiger partial charge is 0.262 e. The highest BCUT2D eigenvalue weighted by molar-refractivity contribution is 9.10. The Bertz CT molecular complexity index is 965. The first kappa shape index (κ1) is 22.8. The first-order valence-corrected chi connectivity index (χ1v) is 11.1. The highest BCUT2D eigenvalue weighted by Crippen LogP contribution is 2.34. The standard InChI is InChI=1S/C25H27BrN2O3/c1-2-30-23-15-20(17-27-14-13-19-9-5-3-6-10-19)22(26)16-24(23)31-18-25(29)28-21-11-7-4-8-12-21/h3-12,15-16,27H,2,13-14,17-18H2,1H3,(H,28,29). The molecule has 0 radical (unpaired) electrons. The largest absolute Gasteiger partial charge is 0.490 e. The molecule has 3 aromatic rings. The zero-order valence-corrected chi connectivity index (χ0v) is 19.2. The zero-order chi connectivity index (χ0) is 21.9. The van der Waals surface area contributed by atoms with Crippen LogP contribution in [0.15, 0.2) is 77.3 Å². The highest BCUT2D eigenvalue weighted by Gasteiger charge is 2.13. The van der Waals surface area contributed by atoms with E-state index >= 15 is 0 Å². The monoisotopic (exact) mass is 482 g/mol. The van der Waals surface area contributed by atoms with E-state index < -0.39 is 0 Å². The van der Waals surface area contributed by atoms with E-state index in [1.807, 2.05) is 55.5 Å². The van der Waals surface area contributed by atoms with Crippen molar-refractivity contribution in [2.75, 3.05) is 25.1 Å². The molecule has 0 spiro atoms. The summed E-state index contributed by atoms with van der Waals surface area (Å²) in [6.45, 7) is 3.90. The summed E-state index contributed by atoms with van der Waals surface area (Å²) in [7, 11) is 0. The number of hydrogen-bond donors (Lipinski definition) is 2.